The number of alkyl halides is 3. The van der Waals surface area contributed by atoms with E-state index in [0.29, 0.717) is 6.54 Å². The Bertz CT molecular complexity index is 490. The average Bonchev–Trinajstić information content (AvgIpc) is 2.35. The minimum absolute atomic E-state index is 0.335. The molecule has 0 saturated carbocycles. The number of carbonyl (C=O) groups excluding carboxylic acids is 1. The van der Waals surface area contributed by atoms with Crippen LogP contribution in [0.2, 0.25) is 0 Å². The molecule has 110 valence electrons. The molecular weight excluding hydrogens is 271 g/mol. The molecule has 20 heavy (non-hydrogen) atoms. The minimum Gasteiger partial charge on any atom is -0.381 e. The van der Waals surface area contributed by atoms with Gasteiger partial charge in [-0.25, -0.2) is 0 Å². The summed E-state index contributed by atoms with van der Waals surface area (Å²) in [7, 11) is 0. The Morgan fingerprint density at radius 3 is 2.70 bits per heavy atom. The van der Waals surface area contributed by atoms with Crippen LogP contribution in [0, 0.1) is 0 Å². The van der Waals surface area contributed by atoms with Gasteiger partial charge in [-0.3, -0.25) is 4.79 Å². The summed E-state index contributed by atoms with van der Waals surface area (Å²) in [4.78, 5) is 11.9. The number of nitrogens with one attached hydrogen (secondary N) is 3. The zero-order valence-electron chi connectivity index (χ0n) is 10.9. The lowest BCUT2D eigenvalue weighted by Gasteiger charge is -2.28. The van der Waals surface area contributed by atoms with E-state index in [4.69, 9.17) is 0 Å². The van der Waals surface area contributed by atoms with E-state index in [1.165, 1.54) is 6.92 Å². The molecule has 0 spiro atoms. The Balaban J connectivity index is 1.92. The molecular formula is C13H16F3N3O. The molecule has 2 rings (SSSR count). The van der Waals surface area contributed by atoms with Crippen LogP contribution in [0.5, 0.6) is 0 Å². The SMILES string of the molecule is CC(CC(F)(F)F)NC(=O)C1CNc2ccccc2N1. The predicted molar refractivity (Wildman–Crippen MR) is 70.6 cm³/mol. The van der Waals surface area contributed by atoms with Gasteiger partial charge in [0.25, 0.3) is 0 Å². The van der Waals surface area contributed by atoms with Gasteiger partial charge in [-0.2, -0.15) is 13.2 Å². The van der Waals surface area contributed by atoms with E-state index in [2.05, 4.69) is 16.0 Å². The number of anilines is 2. The van der Waals surface area contributed by atoms with Crippen LogP contribution in [0.4, 0.5) is 24.5 Å². The number of fused-ring (bicyclic) bond motifs is 1. The van der Waals surface area contributed by atoms with E-state index in [1.54, 1.807) is 6.07 Å². The summed E-state index contributed by atoms with van der Waals surface area (Å²) in [6, 6.07) is 5.82. The number of carbonyl (C=O) groups is 1. The fourth-order valence-electron chi connectivity index (χ4n) is 2.11. The van der Waals surface area contributed by atoms with Crippen LogP contribution in [0.1, 0.15) is 13.3 Å². The lowest BCUT2D eigenvalue weighted by atomic mass is 10.1. The fourth-order valence-corrected chi connectivity index (χ4v) is 2.11. The van der Waals surface area contributed by atoms with Gasteiger partial charge in [-0.1, -0.05) is 12.1 Å². The molecule has 1 aliphatic rings. The van der Waals surface area contributed by atoms with Gasteiger partial charge in [-0.05, 0) is 19.1 Å². The van der Waals surface area contributed by atoms with Crippen molar-refractivity contribution in [2.45, 2.75) is 31.6 Å². The summed E-state index contributed by atoms with van der Waals surface area (Å²) >= 11 is 0. The smallest absolute Gasteiger partial charge is 0.381 e. The molecule has 0 aliphatic carbocycles. The third kappa shape index (κ3) is 3.79. The Morgan fingerprint density at radius 1 is 1.40 bits per heavy atom. The molecule has 1 aliphatic heterocycles. The van der Waals surface area contributed by atoms with Crippen molar-refractivity contribution in [1.29, 1.82) is 0 Å². The molecule has 2 unspecified atom stereocenters. The summed E-state index contributed by atoms with van der Waals surface area (Å²) in [6.45, 7) is 1.68. The summed E-state index contributed by atoms with van der Waals surface area (Å²) in [5.74, 6) is -0.441. The van der Waals surface area contributed by atoms with Gasteiger partial charge in [0.2, 0.25) is 5.91 Å². The van der Waals surface area contributed by atoms with Crippen molar-refractivity contribution in [3.8, 4) is 0 Å². The van der Waals surface area contributed by atoms with Crippen molar-refractivity contribution in [2.24, 2.45) is 0 Å². The Labute approximate surface area is 114 Å². The van der Waals surface area contributed by atoms with Gasteiger partial charge in [0, 0.05) is 12.6 Å². The molecule has 2 atom stereocenters. The Kier molecular flexibility index (Phi) is 4.06. The highest BCUT2D eigenvalue weighted by Crippen LogP contribution is 2.25. The molecule has 1 heterocycles. The van der Waals surface area contributed by atoms with Crippen LogP contribution < -0.4 is 16.0 Å². The predicted octanol–water partition coefficient (Wildman–Crippen LogP) is 2.35. The molecule has 7 heteroatoms. The molecule has 0 bridgehead atoms. The molecule has 4 nitrogen and oxygen atoms in total. The number of benzene rings is 1. The second kappa shape index (κ2) is 5.60. The summed E-state index contributed by atoms with van der Waals surface area (Å²) in [5, 5.41) is 8.45. The topological polar surface area (TPSA) is 53.2 Å². The molecule has 3 N–H and O–H groups in total. The number of halogens is 3. The van der Waals surface area contributed by atoms with E-state index < -0.39 is 30.6 Å². The van der Waals surface area contributed by atoms with Gasteiger partial charge < -0.3 is 16.0 Å². The zero-order valence-corrected chi connectivity index (χ0v) is 10.9. The van der Waals surface area contributed by atoms with Gasteiger partial charge in [0.15, 0.2) is 0 Å². The molecule has 0 radical (unpaired) electrons. The van der Waals surface area contributed by atoms with Crippen molar-refractivity contribution in [2.75, 3.05) is 17.2 Å². The van der Waals surface area contributed by atoms with E-state index in [1.807, 2.05) is 18.2 Å². The van der Waals surface area contributed by atoms with Gasteiger partial charge in [-0.15, -0.1) is 0 Å². The van der Waals surface area contributed by atoms with Crippen LogP contribution in [0.15, 0.2) is 24.3 Å². The van der Waals surface area contributed by atoms with E-state index >= 15 is 0 Å². The number of para-hydroxylation sites is 2. The Hall–Kier alpha value is -1.92. The first kappa shape index (κ1) is 14.5. The van der Waals surface area contributed by atoms with Crippen LogP contribution in [0.3, 0.4) is 0 Å². The maximum Gasteiger partial charge on any atom is 0.391 e. The normalized spacial score (nSPS) is 19.3. The molecule has 1 aromatic rings. The van der Waals surface area contributed by atoms with Gasteiger partial charge in [0.1, 0.15) is 6.04 Å². The lowest BCUT2D eigenvalue weighted by Crippen LogP contribution is -2.49. The van der Waals surface area contributed by atoms with E-state index in [0.717, 1.165) is 11.4 Å². The van der Waals surface area contributed by atoms with Gasteiger partial charge >= 0.3 is 6.18 Å². The van der Waals surface area contributed by atoms with E-state index in [-0.39, 0.29) is 0 Å². The highest BCUT2D eigenvalue weighted by atomic mass is 19.4. The number of hydrogen-bond acceptors (Lipinski definition) is 3. The van der Waals surface area contributed by atoms with Crippen molar-refractivity contribution in [3.63, 3.8) is 0 Å². The first-order valence-corrected chi connectivity index (χ1v) is 6.32. The Morgan fingerprint density at radius 2 is 2.05 bits per heavy atom. The van der Waals surface area contributed by atoms with Crippen molar-refractivity contribution in [1.82, 2.24) is 5.32 Å². The quantitative estimate of drug-likeness (QED) is 0.800. The van der Waals surface area contributed by atoms with Crippen molar-refractivity contribution >= 4 is 17.3 Å². The lowest BCUT2D eigenvalue weighted by molar-refractivity contribution is -0.141. The number of hydrogen-bond donors (Lipinski definition) is 3. The summed E-state index contributed by atoms with van der Waals surface area (Å²) in [5.41, 5.74) is 1.64. The molecule has 1 aromatic carbocycles. The molecule has 1 amide bonds. The van der Waals surface area contributed by atoms with Crippen LogP contribution in [-0.4, -0.2) is 30.7 Å². The highest BCUT2D eigenvalue weighted by molar-refractivity contribution is 5.88. The van der Waals surface area contributed by atoms with Gasteiger partial charge in [0.05, 0.1) is 17.8 Å². The number of amides is 1. The third-order valence-electron chi connectivity index (χ3n) is 3.00. The minimum atomic E-state index is -4.28. The maximum absolute atomic E-state index is 12.2. The zero-order chi connectivity index (χ0) is 14.8. The monoisotopic (exact) mass is 287 g/mol. The molecule has 0 saturated heterocycles. The summed E-state index contributed by atoms with van der Waals surface area (Å²) in [6.07, 6.45) is -5.31. The first-order chi connectivity index (χ1) is 9.35. The van der Waals surface area contributed by atoms with Crippen LogP contribution in [-0.2, 0) is 4.79 Å². The van der Waals surface area contributed by atoms with Crippen LogP contribution in [0.25, 0.3) is 0 Å². The second-order valence-corrected chi connectivity index (χ2v) is 4.85. The molecule has 0 aromatic heterocycles. The van der Waals surface area contributed by atoms with Crippen LogP contribution >= 0.6 is 0 Å². The largest absolute Gasteiger partial charge is 0.391 e. The van der Waals surface area contributed by atoms with Crippen molar-refractivity contribution < 1.29 is 18.0 Å². The highest BCUT2D eigenvalue weighted by Gasteiger charge is 2.32. The average molecular weight is 287 g/mol. The first-order valence-electron chi connectivity index (χ1n) is 6.32. The summed E-state index contributed by atoms with van der Waals surface area (Å²) < 4.78 is 36.6. The fraction of sp³-hybridized carbons (Fsp3) is 0.462. The van der Waals surface area contributed by atoms with Crippen molar-refractivity contribution in [3.05, 3.63) is 24.3 Å². The second-order valence-electron chi connectivity index (χ2n) is 4.85. The number of rotatable bonds is 3. The maximum atomic E-state index is 12.2. The standard InChI is InChI=1S/C13H16F3N3O/c1-8(6-13(14,15)16)18-12(20)11-7-17-9-4-2-3-5-10(9)19-11/h2-5,8,11,17,19H,6-7H2,1H3,(H,18,20). The van der Waals surface area contributed by atoms with E-state index in [9.17, 15) is 18.0 Å². The third-order valence-corrected chi connectivity index (χ3v) is 3.00. The molecule has 0 fully saturated rings.